The first-order valence-electron chi connectivity index (χ1n) is 7.38. The predicted octanol–water partition coefficient (Wildman–Crippen LogP) is 2.44. The number of thioether (sulfide) groups is 1. The predicted molar refractivity (Wildman–Crippen MR) is 95.7 cm³/mol. The van der Waals surface area contributed by atoms with Crippen molar-refractivity contribution in [2.24, 2.45) is 0 Å². The highest BCUT2D eigenvalue weighted by Gasteiger charge is 2.22. The number of ether oxygens (including phenoxy) is 1. The van der Waals surface area contributed by atoms with E-state index >= 15 is 0 Å². The van der Waals surface area contributed by atoms with Crippen molar-refractivity contribution >= 4 is 35.8 Å². The van der Waals surface area contributed by atoms with Crippen LogP contribution in [-0.2, 0) is 14.3 Å². The van der Waals surface area contributed by atoms with Gasteiger partial charge in [-0.1, -0.05) is 18.7 Å². The molecule has 1 aromatic rings. The minimum atomic E-state index is -0.322. The third kappa shape index (κ3) is 4.74. The molecule has 1 unspecified atom stereocenters. The van der Waals surface area contributed by atoms with E-state index in [2.05, 4.69) is 6.58 Å². The van der Waals surface area contributed by atoms with Crippen LogP contribution in [0.15, 0.2) is 42.0 Å². The molecule has 0 aliphatic carbocycles. The van der Waals surface area contributed by atoms with Gasteiger partial charge in [0.25, 0.3) is 0 Å². The molecule has 1 heterocycles. The number of likely N-dealkylation sites (N-methyl/N-ethyl adjacent to an activating group) is 1. The summed E-state index contributed by atoms with van der Waals surface area (Å²) in [6.45, 7) is 4.29. The summed E-state index contributed by atoms with van der Waals surface area (Å²) in [4.78, 5) is 24.4. The van der Waals surface area contributed by atoms with Crippen LogP contribution in [0.3, 0.4) is 0 Å². The zero-order valence-corrected chi connectivity index (χ0v) is 14.2. The summed E-state index contributed by atoms with van der Waals surface area (Å²) in [5.74, 6) is 1.02. The summed E-state index contributed by atoms with van der Waals surface area (Å²) in [6, 6.07) is 9.30. The summed E-state index contributed by atoms with van der Waals surface area (Å²) in [7, 11) is 1.93. The average molecular weight is 342 g/mol. The molecule has 1 fully saturated rings. The Morgan fingerprint density at radius 1 is 1.50 bits per heavy atom. The number of cyclic esters (lactones) is 1. The summed E-state index contributed by atoms with van der Waals surface area (Å²) < 4.78 is 5.44. The normalized spacial score (nSPS) is 18.3. The Balaban J connectivity index is 2.02. The molecule has 0 bridgehead atoms. The zero-order chi connectivity index (χ0) is 17.5. The van der Waals surface area contributed by atoms with Gasteiger partial charge in [-0.2, -0.15) is 17.0 Å². The van der Waals surface area contributed by atoms with Crippen LogP contribution in [0.5, 0.6) is 0 Å². The maximum absolute atomic E-state index is 11.7. The van der Waals surface area contributed by atoms with E-state index in [9.17, 15) is 9.59 Å². The Morgan fingerprint density at radius 2 is 2.21 bits per heavy atom. The van der Waals surface area contributed by atoms with E-state index < -0.39 is 0 Å². The molecule has 124 valence electrons. The van der Waals surface area contributed by atoms with E-state index in [1.54, 1.807) is 11.8 Å². The van der Waals surface area contributed by atoms with E-state index in [1.165, 1.54) is 6.08 Å². The first-order chi connectivity index (χ1) is 11.5. The quantitative estimate of drug-likeness (QED) is 0.354. The third-order valence-corrected chi connectivity index (χ3v) is 4.69. The van der Waals surface area contributed by atoms with Crippen LogP contribution < -0.4 is 4.90 Å². The standard InChI is InChI=1S/C18H18N2O3S/c1-13-11-24-12-17(23-18(13)22)9-20(2)16-5-3-14(4-6-16)7-15(8-19)10-21/h3-7,10,17H,1,9,11-12H2,2H3/b15-7+. The van der Waals surface area contributed by atoms with E-state index in [4.69, 9.17) is 10.00 Å². The lowest BCUT2D eigenvalue weighted by Gasteiger charge is -2.24. The molecule has 24 heavy (non-hydrogen) atoms. The lowest BCUT2D eigenvalue weighted by atomic mass is 10.1. The molecule has 6 heteroatoms. The van der Waals surface area contributed by atoms with Gasteiger partial charge in [-0.25, -0.2) is 4.79 Å². The fourth-order valence-corrected chi connectivity index (χ4v) is 3.16. The van der Waals surface area contributed by atoms with E-state index in [0.717, 1.165) is 17.0 Å². The molecule has 1 aromatic carbocycles. The molecule has 2 rings (SSSR count). The molecule has 0 N–H and O–H groups in total. The highest BCUT2D eigenvalue weighted by molar-refractivity contribution is 7.99. The number of anilines is 1. The third-order valence-electron chi connectivity index (χ3n) is 3.53. The smallest absolute Gasteiger partial charge is 0.334 e. The van der Waals surface area contributed by atoms with Gasteiger partial charge in [0.05, 0.1) is 12.1 Å². The minimum Gasteiger partial charge on any atom is -0.456 e. The Hall–Kier alpha value is -2.52. The maximum atomic E-state index is 11.7. The highest BCUT2D eigenvalue weighted by Crippen LogP contribution is 2.20. The number of hydrogen-bond acceptors (Lipinski definition) is 6. The molecule has 0 saturated carbocycles. The van der Waals surface area contributed by atoms with Crippen molar-refractivity contribution in [2.45, 2.75) is 6.10 Å². The number of aldehydes is 1. The molecular formula is C18H18N2O3S. The number of carbonyl (C=O) groups excluding carboxylic acids is 2. The average Bonchev–Trinajstić information content (AvgIpc) is 2.74. The number of allylic oxidation sites excluding steroid dienone is 1. The largest absolute Gasteiger partial charge is 0.456 e. The Bertz CT molecular complexity index is 704. The monoisotopic (exact) mass is 342 g/mol. The molecule has 1 aliphatic heterocycles. The number of nitrogens with zero attached hydrogens (tertiary/aromatic N) is 2. The number of nitriles is 1. The van der Waals surface area contributed by atoms with Gasteiger partial charge < -0.3 is 9.64 Å². The van der Waals surface area contributed by atoms with E-state index in [-0.39, 0.29) is 17.6 Å². The molecule has 0 radical (unpaired) electrons. The van der Waals surface area contributed by atoms with Gasteiger partial charge in [0.2, 0.25) is 0 Å². The van der Waals surface area contributed by atoms with Crippen LogP contribution in [0.2, 0.25) is 0 Å². The molecule has 0 aromatic heterocycles. The second kappa shape index (κ2) is 8.37. The fourth-order valence-electron chi connectivity index (χ4n) is 2.24. The van der Waals surface area contributed by atoms with Gasteiger partial charge >= 0.3 is 5.97 Å². The molecule has 0 spiro atoms. The van der Waals surface area contributed by atoms with Crippen molar-refractivity contribution in [3.8, 4) is 6.07 Å². The topological polar surface area (TPSA) is 70.4 Å². The fraction of sp³-hybridized carbons (Fsp3) is 0.278. The number of esters is 1. The van der Waals surface area contributed by atoms with E-state index in [0.29, 0.717) is 24.2 Å². The second-order valence-electron chi connectivity index (χ2n) is 5.45. The van der Waals surface area contributed by atoms with Crippen LogP contribution in [0.4, 0.5) is 5.69 Å². The van der Waals surface area contributed by atoms with Crippen molar-refractivity contribution in [3.05, 3.63) is 47.6 Å². The second-order valence-corrected chi connectivity index (χ2v) is 6.48. The summed E-state index contributed by atoms with van der Waals surface area (Å²) in [5, 5.41) is 8.77. The molecule has 1 atom stereocenters. The molecule has 1 aliphatic rings. The first-order valence-corrected chi connectivity index (χ1v) is 8.53. The van der Waals surface area contributed by atoms with Crippen molar-refractivity contribution in [2.75, 3.05) is 30.0 Å². The first kappa shape index (κ1) is 17.8. The molecule has 5 nitrogen and oxygen atoms in total. The zero-order valence-electron chi connectivity index (χ0n) is 13.4. The van der Waals surface area contributed by atoms with Gasteiger partial charge in [0.15, 0.2) is 6.29 Å². The maximum Gasteiger partial charge on any atom is 0.334 e. The Labute approximate surface area is 145 Å². The summed E-state index contributed by atoms with van der Waals surface area (Å²) >= 11 is 1.64. The van der Waals surface area contributed by atoms with Crippen LogP contribution in [0.1, 0.15) is 5.56 Å². The Morgan fingerprint density at radius 3 is 2.83 bits per heavy atom. The van der Waals surface area contributed by atoms with Crippen molar-refractivity contribution < 1.29 is 14.3 Å². The van der Waals surface area contributed by atoms with Crippen molar-refractivity contribution in [1.29, 1.82) is 5.26 Å². The number of carbonyl (C=O) groups is 2. The molecule has 0 amide bonds. The minimum absolute atomic E-state index is 0.0822. The van der Waals surface area contributed by atoms with Gasteiger partial charge in [-0.05, 0) is 23.8 Å². The van der Waals surface area contributed by atoms with Crippen LogP contribution in [0, 0.1) is 11.3 Å². The highest BCUT2D eigenvalue weighted by atomic mass is 32.2. The Kier molecular flexibility index (Phi) is 6.21. The van der Waals surface area contributed by atoms with Crippen LogP contribution in [-0.4, -0.2) is 43.5 Å². The van der Waals surface area contributed by atoms with Crippen molar-refractivity contribution in [1.82, 2.24) is 0 Å². The lowest BCUT2D eigenvalue weighted by Crippen LogP contribution is -2.33. The van der Waals surface area contributed by atoms with E-state index in [1.807, 2.05) is 42.3 Å². The van der Waals surface area contributed by atoms with Crippen LogP contribution >= 0.6 is 11.8 Å². The number of rotatable bonds is 5. The van der Waals surface area contributed by atoms with Gasteiger partial charge in [0, 0.05) is 29.8 Å². The lowest BCUT2D eigenvalue weighted by molar-refractivity contribution is -0.142. The summed E-state index contributed by atoms with van der Waals surface area (Å²) in [6.07, 6.45) is 1.88. The van der Waals surface area contributed by atoms with Crippen molar-refractivity contribution in [3.63, 3.8) is 0 Å². The molecular weight excluding hydrogens is 324 g/mol. The van der Waals surface area contributed by atoms with Gasteiger partial charge in [0.1, 0.15) is 12.2 Å². The van der Waals surface area contributed by atoms with Gasteiger partial charge in [-0.15, -0.1) is 0 Å². The molecule has 1 saturated heterocycles. The number of benzene rings is 1. The SMILES string of the molecule is C=C1CSCC(CN(C)c2ccc(/C=C(\C#N)C=O)cc2)OC1=O. The summed E-state index contributed by atoms with van der Waals surface area (Å²) in [5.41, 5.74) is 2.33. The number of hydrogen-bond donors (Lipinski definition) is 0. The van der Waals surface area contributed by atoms with Gasteiger partial charge in [-0.3, -0.25) is 4.79 Å². The van der Waals surface area contributed by atoms with Crippen LogP contribution in [0.25, 0.3) is 6.08 Å².